The van der Waals surface area contributed by atoms with Crippen molar-refractivity contribution in [1.29, 1.82) is 0 Å². The standard InChI is InChI=1S/C20H25N7O2S/c1-26(2)18(14-7-5-10-17(11-14)29-3)13-21-19(28)22-15-8-6-9-16(12-15)27-20(30-4)23-24-25-27/h5-12,18H,13H2,1-4H3,(H2,21,22,28)/t18-/m1/s1. The van der Waals surface area contributed by atoms with Crippen molar-refractivity contribution in [2.24, 2.45) is 0 Å². The molecule has 0 radical (unpaired) electrons. The first-order chi connectivity index (χ1) is 14.5. The van der Waals surface area contributed by atoms with E-state index in [9.17, 15) is 4.79 Å². The molecular weight excluding hydrogens is 402 g/mol. The second-order valence-electron chi connectivity index (χ2n) is 6.72. The van der Waals surface area contributed by atoms with Gasteiger partial charge in [-0.05, 0) is 66.7 Å². The smallest absolute Gasteiger partial charge is 0.319 e. The number of hydrogen-bond acceptors (Lipinski definition) is 7. The molecule has 9 nitrogen and oxygen atoms in total. The van der Waals surface area contributed by atoms with Crippen LogP contribution in [0.3, 0.4) is 0 Å². The van der Waals surface area contributed by atoms with E-state index in [-0.39, 0.29) is 12.1 Å². The maximum absolute atomic E-state index is 12.5. The summed E-state index contributed by atoms with van der Waals surface area (Å²) < 4.78 is 6.94. The van der Waals surface area contributed by atoms with Crippen LogP contribution < -0.4 is 15.4 Å². The molecule has 0 aliphatic rings. The highest BCUT2D eigenvalue weighted by Crippen LogP contribution is 2.22. The van der Waals surface area contributed by atoms with Crippen molar-refractivity contribution in [3.8, 4) is 11.4 Å². The van der Waals surface area contributed by atoms with E-state index >= 15 is 0 Å². The van der Waals surface area contributed by atoms with Gasteiger partial charge in [0, 0.05) is 12.2 Å². The zero-order valence-corrected chi connectivity index (χ0v) is 18.2. The van der Waals surface area contributed by atoms with Gasteiger partial charge < -0.3 is 20.3 Å². The minimum absolute atomic E-state index is 0.00236. The number of aromatic nitrogens is 4. The monoisotopic (exact) mass is 427 g/mol. The lowest BCUT2D eigenvalue weighted by molar-refractivity contribution is 0.243. The van der Waals surface area contributed by atoms with Gasteiger partial charge in [-0.15, -0.1) is 5.10 Å². The number of tetrazole rings is 1. The number of likely N-dealkylation sites (N-methyl/N-ethyl adjacent to an activating group) is 1. The van der Waals surface area contributed by atoms with Gasteiger partial charge in [0.15, 0.2) is 0 Å². The van der Waals surface area contributed by atoms with Crippen molar-refractivity contribution in [3.05, 3.63) is 54.1 Å². The fourth-order valence-electron chi connectivity index (χ4n) is 3.00. The van der Waals surface area contributed by atoms with Crippen LogP contribution in [0.1, 0.15) is 11.6 Å². The van der Waals surface area contributed by atoms with Gasteiger partial charge in [0.25, 0.3) is 0 Å². The van der Waals surface area contributed by atoms with Crippen LogP contribution >= 0.6 is 11.8 Å². The number of ether oxygens (including phenoxy) is 1. The minimum atomic E-state index is -0.288. The first-order valence-electron chi connectivity index (χ1n) is 9.30. The van der Waals surface area contributed by atoms with Crippen LogP contribution in [0, 0.1) is 0 Å². The Kier molecular flexibility index (Phi) is 7.26. The molecule has 3 aromatic rings. The topological polar surface area (TPSA) is 97.2 Å². The molecule has 0 aliphatic heterocycles. The molecule has 1 atom stereocenters. The highest BCUT2D eigenvalue weighted by molar-refractivity contribution is 7.98. The lowest BCUT2D eigenvalue weighted by atomic mass is 10.1. The molecule has 0 spiro atoms. The number of carbonyl (C=O) groups is 1. The molecule has 1 aromatic heterocycles. The zero-order chi connectivity index (χ0) is 21.5. The molecule has 158 valence electrons. The molecule has 0 saturated heterocycles. The predicted molar refractivity (Wildman–Crippen MR) is 117 cm³/mol. The molecule has 0 saturated carbocycles. The van der Waals surface area contributed by atoms with Crippen molar-refractivity contribution in [2.75, 3.05) is 39.3 Å². The number of rotatable bonds is 8. The summed E-state index contributed by atoms with van der Waals surface area (Å²) in [6.45, 7) is 0.440. The Bertz CT molecular complexity index is 993. The third kappa shape index (κ3) is 5.28. The molecule has 2 amide bonds. The molecular formula is C20H25N7O2S. The Morgan fingerprint density at radius 1 is 1.23 bits per heavy atom. The molecule has 0 aliphatic carbocycles. The average molecular weight is 428 g/mol. The average Bonchev–Trinajstić information content (AvgIpc) is 3.23. The largest absolute Gasteiger partial charge is 0.497 e. The molecule has 1 heterocycles. The van der Waals surface area contributed by atoms with Crippen molar-refractivity contribution in [3.63, 3.8) is 0 Å². The Hall–Kier alpha value is -3.11. The number of thioether (sulfide) groups is 1. The van der Waals surface area contributed by atoms with Gasteiger partial charge >= 0.3 is 6.03 Å². The summed E-state index contributed by atoms with van der Waals surface area (Å²) in [5.74, 6) is 0.785. The van der Waals surface area contributed by atoms with Crippen LogP contribution in [0.5, 0.6) is 5.75 Å². The number of methoxy groups -OCH3 is 1. The van der Waals surface area contributed by atoms with E-state index in [0.717, 1.165) is 17.0 Å². The minimum Gasteiger partial charge on any atom is -0.497 e. The number of hydrogen-bond donors (Lipinski definition) is 2. The van der Waals surface area contributed by atoms with Crippen molar-refractivity contribution < 1.29 is 9.53 Å². The number of benzene rings is 2. The van der Waals surface area contributed by atoms with Crippen LogP contribution in [0.25, 0.3) is 5.69 Å². The van der Waals surface area contributed by atoms with E-state index in [1.54, 1.807) is 11.8 Å². The first-order valence-corrected chi connectivity index (χ1v) is 10.5. The van der Waals surface area contributed by atoms with Gasteiger partial charge in [-0.1, -0.05) is 30.0 Å². The van der Waals surface area contributed by atoms with Crippen LogP contribution in [-0.2, 0) is 0 Å². The molecule has 10 heteroatoms. The van der Waals surface area contributed by atoms with E-state index in [2.05, 4.69) is 31.1 Å². The van der Waals surface area contributed by atoms with Gasteiger partial charge in [0.1, 0.15) is 5.75 Å². The number of nitrogens with one attached hydrogen (secondary N) is 2. The molecule has 30 heavy (non-hydrogen) atoms. The molecule has 2 aromatic carbocycles. The van der Waals surface area contributed by atoms with Gasteiger partial charge in [0.05, 0.1) is 18.8 Å². The van der Waals surface area contributed by atoms with E-state index in [0.29, 0.717) is 17.4 Å². The number of nitrogens with zero attached hydrogens (tertiary/aromatic N) is 5. The Morgan fingerprint density at radius 3 is 2.77 bits per heavy atom. The van der Waals surface area contributed by atoms with Crippen LogP contribution in [0.4, 0.5) is 10.5 Å². The van der Waals surface area contributed by atoms with Gasteiger partial charge in [-0.3, -0.25) is 0 Å². The normalized spacial score (nSPS) is 11.9. The van der Waals surface area contributed by atoms with E-state index in [1.807, 2.05) is 68.9 Å². The highest BCUT2D eigenvalue weighted by Gasteiger charge is 2.16. The van der Waals surface area contributed by atoms with E-state index in [1.165, 1.54) is 11.8 Å². The maximum atomic E-state index is 12.5. The van der Waals surface area contributed by atoms with Crippen molar-refractivity contribution in [1.82, 2.24) is 30.4 Å². The quantitative estimate of drug-likeness (QED) is 0.534. The molecule has 0 fully saturated rings. The summed E-state index contributed by atoms with van der Waals surface area (Å²) in [7, 11) is 5.59. The summed E-state index contributed by atoms with van der Waals surface area (Å²) in [6, 6.07) is 14.9. The summed E-state index contributed by atoms with van der Waals surface area (Å²) in [5, 5.41) is 18.1. The fourth-order valence-corrected chi connectivity index (χ4v) is 3.43. The second kappa shape index (κ2) is 10.1. The number of anilines is 1. The molecule has 0 unspecified atom stereocenters. The Balaban J connectivity index is 1.65. The van der Waals surface area contributed by atoms with E-state index in [4.69, 9.17) is 4.74 Å². The van der Waals surface area contributed by atoms with E-state index < -0.39 is 0 Å². The van der Waals surface area contributed by atoms with Crippen molar-refractivity contribution >= 4 is 23.5 Å². The van der Waals surface area contributed by atoms with Gasteiger partial charge in [-0.2, -0.15) is 4.68 Å². The summed E-state index contributed by atoms with van der Waals surface area (Å²) in [5.41, 5.74) is 2.48. The fraction of sp³-hybridized carbons (Fsp3) is 0.300. The zero-order valence-electron chi connectivity index (χ0n) is 17.4. The molecule has 0 bridgehead atoms. The summed E-state index contributed by atoms with van der Waals surface area (Å²) >= 11 is 1.44. The maximum Gasteiger partial charge on any atom is 0.319 e. The Morgan fingerprint density at radius 2 is 2.03 bits per heavy atom. The first kappa shape index (κ1) is 21.6. The van der Waals surface area contributed by atoms with Crippen LogP contribution in [0.15, 0.2) is 53.7 Å². The predicted octanol–water partition coefficient (Wildman–Crippen LogP) is 2.82. The van der Waals surface area contributed by atoms with Crippen molar-refractivity contribution in [2.45, 2.75) is 11.2 Å². The van der Waals surface area contributed by atoms with Crippen LogP contribution in [-0.4, -0.2) is 65.1 Å². The number of urea groups is 1. The summed E-state index contributed by atoms with van der Waals surface area (Å²) in [6.07, 6.45) is 1.90. The lowest BCUT2D eigenvalue weighted by Crippen LogP contribution is -2.36. The molecule has 3 rings (SSSR count). The highest BCUT2D eigenvalue weighted by atomic mass is 32.2. The number of carbonyl (C=O) groups excluding carboxylic acids is 1. The second-order valence-corrected chi connectivity index (χ2v) is 7.49. The third-order valence-electron chi connectivity index (χ3n) is 4.53. The summed E-state index contributed by atoms with van der Waals surface area (Å²) in [4.78, 5) is 14.6. The Labute approximate surface area is 179 Å². The van der Waals surface area contributed by atoms with Crippen LogP contribution in [0.2, 0.25) is 0 Å². The number of amides is 2. The third-order valence-corrected chi connectivity index (χ3v) is 5.15. The lowest BCUT2D eigenvalue weighted by Gasteiger charge is -2.25. The molecule has 2 N–H and O–H groups in total. The van der Waals surface area contributed by atoms with Gasteiger partial charge in [0.2, 0.25) is 5.16 Å². The van der Waals surface area contributed by atoms with Gasteiger partial charge in [-0.25, -0.2) is 4.79 Å². The SMILES string of the molecule is COc1cccc([C@@H](CNC(=O)Nc2cccc(-n3nnnc3SC)c2)N(C)C)c1.